The van der Waals surface area contributed by atoms with Crippen molar-refractivity contribution >= 4 is 29.9 Å². The lowest BCUT2D eigenvalue weighted by Crippen LogP contribution is -2.42. The smallest absolute Gasteiger partial charge is 0.191 e. The van der Waals surface area contributed by atoms with Gasteiger partial charge in [0.15, 0.2) is 5.96 Å². The molecule has 1 aromatic rings. The zero-order valence-corrected chi connectivity index (χ0v) is 15.7. The molecule has 0 radical (unpaired) electrons. The van der Waals surface area contributed by atoms with E-state index in [0.29, 0.717) is 0 Å². The van der Waals surface area contributed by atoms with Gasteiger partial charge in [0, 0.05) is 38.9 Å². The van der Waals surface area contributed by atoms with Gasteiger partial charge in [-0.05, 0) is 32.9 Å². The van der Waals surface area contributed by atoms with Crippen molar-refractivity contribution in [2.45, 2.75) is 18.9 Å². The van der Waals surface area contributed by atoms with Gasteiger partial charge in [0.25, 0.3) is 0 Å². The summed E-state index contributed by atoms with van der Waals surface area (Å²) in [4.78, 5) is 6.47. The first-order valence-electron chi connectivity index (χ1n) is 7.19. The molecule has 6 nitrogen and oxygen atoms in total. The highest BCUT2D eigenvalue weighted by Crippen LogP contribution is 2.27. The van der Waals surface area contributed by atoms with Gasteiger partial charge in [-0.2, -0.15) is 5.10 Å². The maximum absolute atomic E-state index is 4.27. The summed E-state index contributed by atoms with van der Waals surface area (Å²) in [6.07, 6.45) is 6.68. The van der Waals surface area contributed by atoms with E-state index < -0.39 is 0 Å². The average molecular weight is 406 g/mol. The highest BCUT2D eigenvalue weighted by molar-refractivity contribution is 14.0. The van der Waals surface area contributed by atoms with Gasteiger partial charge in [0.2, 0.25) is 0 Å². The first-order chi connectivity index (χ1) is 9.60. The molecule has 0 spiro atoms. The monoisotopic (exact) mass is 406 g/mol. The molecule has 0 aromatic carbocycles. The van der Waals surface area contributed by atoms with E-state index in [2.05, 4.69) is 45.9 Å². The molecule has 0 bridgehead atoms. The number of aromatic nitrogens is 2. The van der Waals surface area contributed by atoms with Crippen LogP contribution in [0.25, 0.3) is 0 Å². The summed E-state index contributed by atoms with van der Waals surface area (Å²) >= 11 is 0. The van der Waals surface area contributed by atoms with Crippen LogP contribution < -0.4 is 10.6 Å². The molecule has 0 amide bonds. The molecule has 1 atom stereocenters. The molecule has 2 rings (SSSR count). The summed E-state index contributed by atoms with van der Waals surface area (Å²) in [6.45, 7) is 1.84. The van der Waals surface area contributed by atoms with Gasteiger partial charge in [-0.1, -0.05) is 0 Å². The molecule has 1 fully saturated rings. The lowest BCUT2D eigenvalue weighted by Gasteiger charge is -2.24. The van der Waals surface area contributed by atoms with E-state index in [-0.39, 0.29) is 30.0 Å². The zero-order valence-electron chi connectivity index (χ0n) is 13.3. The molecular weight excluding hydrogens is 379 g/mol. The third kappa shape index (κ3) is 5.82. The maximum Gasteiger partial charge on any atom is 0.191 e. The number of nitrogens with one attached hydrogen (secondary N) is 2. The van der Waals surface area contributed by atoms with Crippen LogP contribution >= 0.6 is 24.0 Å². The van der Waals surface area contributed by atoms with E-state index in [9.17, 15) is 0 Å². The van der Waals surface area contributed by atoms with Gasteiger partial charge < -0.3 is 15.5 Å². The summed E-state index contributed by atoms with van der Waals surface area (Å²) in [6, 6.07) is 0.281. The predicted molar refractivity (Wildman–Crippen MR) is 97.1 cm³/mol. The summed E-state index contributed by atoms with van der Waals surface area (Å²) in [5.41, 5.74) is 1.21. The highest BCUT2D eigenvalue weighted by atomic mass is 127. The van der Waals surface area contributed by atoms with Crippen LogP contribution in [0.3, 0.4) is 0 Å². The molecule has 0 aliphatic heterocycles. The fourth-order valence-electron chi connectivity index (χ4n) is 2.19. The van der Waals surface area contributed by atoms with Crippen molar-refractivity contribution in [3.8, 4) is 0 Å². The predicted octanol–water partition coefficient (Wildman–Crippen LogP) is 1.22. The van der Waals surface area contributed by atoms with E-state index in [1.165, 1.54) is 18.4 Å². The molecule has 7 heteroatoms. The number of aryl methyl sites for hydroxylation is 1. The Hall–Kier alpha value is -0.830. The van der Waals surface area contributed by atoms with Crippen LogP contribution in [0.4, 0.5) is 0 Å². The lowest BCUT2D eigenvalue weighted by molar-refractivity contribution is 0.298. The molecule has 120 valence electrons. The van der Waals surface area contributed by atoms with Gasteiger partial charge in [-0.15, -0.1) is 24.0 Å². The fraction of sp³-hybridized carbons (Fsp3) is 0.714. The number of hydrogen-bond acceptors (Lipinski definition) is 3. The van der Waals surface area contributed by atoms with E-state index in [1.807, 2.05) is 25.0 Å². The minimum Gasteiger partial charge on any atom is -0.356 e. The second kappa shape index (κ2) is 8.57. The topological polar surface area (TPSA) is 57.5 Å². The third-order valence-electron chi connectivity index (χ3n) is 3.67. The Morgan fingerprint density at radius 1 is 1.48 bits per heavy atom. The Morgan fingerprint density at radius 3 is 2.67 bits per heavy atom. The Bertz CT molecular complexity index is 452. The van der Waals surface area contributed by atoms with Crippen molar-refractivity contribution in [2.75, 3.05) is 34.2 Å². The molecule has 1 heterocycles. The first kappa shape index (κ1) is 18.2. The molecule has 1 saturated carbocycles. The molecule has 1 unspecified atom stereocenters. The Morgan fingerprint density at radius 2 is 2.19 bits per heavy atom. The quantitative estimate of drug-likeness (QED) is 0.424. The van der Waals surface area contributed by atoms with Crippen LogP contribution in [-0.4, -0.2) is 54.9 Å². The normalized spacial score (nSPS) is 16.5. The van der Waals surface area contributed by atoms with Crippen molar-refractivity contribution in [1.29, 1.82) is 0 Å². The highest BCUT2D eigenvalue weighted by Gasteiger charge is 2.21. The molecular formula is C14H27IN6. The van der Waals surface area contributed by atoms with E-state index >= 15 is 0 Å². The van der Waals surface area contributed by atoms with Crippen molar-refractivity contribution in [3.63, 3.8) is 0 Å². The lowest BCUT2D eigenvalue weighted by atomic mass is 10.1. The van der Waals surface area contributed by atoms with Gasteiger partial charge in [-0.3, -0.25) is 9.67 Å². The van der Waals surface area contributed by atoms with Crippen LogP contribution in [-0.2, 0) is 7.05 Å². The second-order valence-corrected chi connectivity index (χ2v) is 5.70. The molecule has 2 N–H and O–H groups in total. The number of guanidine groups is 1. The number of rotatable bonds is 6. The summed E-state index contributed by atoms with van der Waals surface area (Å²) in [7, 11) is 7.93. The largest absolute Gasteiger partial charge is 0.356 e. The second-order valence-electron chi connectivity index (χ2n) is 5.70. The standard InChI is InChI=1S/C14H26N6.HI/c1-15-14(16-7-11-5-6-11)17-9-13(19(2)3)12-8-18-20(4)10-12;/h8,10-11,13H,5-7,9H2,1-4H3,(H2,15,16,17);1H. The number of nitrogens with zero attached hydrogens (tertiary/aromatic N) is 4. The van der Waals surface area contributed by atoms with Gasteiger partial charge in [0.1, 0.15) is 0 Å². The van der Waals surface area contributed by atoms with Crippen LogP contribution in [0.5, 0.6) is 0 Å². The van der Waals surface area contributed by atoms with Crippen LogP contribution in [0.2, 0.25) is 0 Å². The Balaban J connectivity index is 0.00000220. The van der Waals surface area contributed by atoms with Gasteiger partial charge >= 0.3 is 0 Å². The number of likely N-dealkylation sites (N-methyl/N-ethyl adjacent to an activating group) is 1. The van der Waals surface area contributed by atoms with Crippen LogP contribution in [0.15, 0.2) is 17.4 Å². The van der Waals surface area contributed by atoms with E-state index in [4.69, 9.17) is 0 Å². The Labute approximate surface area is 144 Å². The molecule has 1 aromatic heterocycles. The summed E-state index contributed by atoms with van der Waals surface area (Å²) in [5.74, 6) is 1.73. The molecule has 1 aliphatic carbocycles. The Kier molecular flexibility index (Phi) is 7.44. The zero-order chi connectivity index (χ0) is 14.5. The van der Waals surface area contributed by atoms with Gasteiger partial charge in [-0.25, -0.2) is 0 Å². The van der Waals surface area contributed by atoms with Crippen LogP contribution in [0.1, 0.15) is 24.4 Å². The van der Waals surface area contributed by atoms with Crippen molar-refractivity contribution in [1.82, 2.24) is 25.3 Å². The van der Waals surface area contributed by atoms with Crippen molar-refractivity contribution in [2.24, 2.45) is 18.0 Å². The minimum atomic E-state index is 0. The maximum atomic E-state index is 4.27. The number of hydrogen-bond donors (Lipinski definition) is 2. The first-order valence-corrected chi connectivity index (χ1v) is 7.19. The SMILES string of the molecule is CN=C(NCC1CC1)NCC(c1cnn(C)c1)N(C)C.I. The van der Waals surface area contributed by atoms with E-state index in [1.54, 1.807) is 0 Å². The molecule has 0 saturated heterocycles. The summed E-state index contributed by atoms with van der Waals surface area (Å²) in [5, 5.41) is 11.0. The van der Waals surface area contributed by atoms with Gasteiger partial charge in [0.05, 0.1) is 12.2 Å². The third-order valence-corrected chi connectivity index (χ3v) is 3.67. The minimum absolute atomic E-state index is 0. The number of halogens is 1. The van der Waals surface area contributed by atoms with Crippen LogP contribution in [0, 0.1) is 5.92 Å². The number of aliphatic imine (C=N–C) groups is 1. The van der Waals surface area contributed by atoms with E-state index in [0.717, 1.165) is 25.0 Å². The average Bonchev–Trinajstić information content (AvgIpc) is 3.15. The van der Waals surface area contributed by atoms with Crippen molar-refractivity contribution in [3.05, 3.63) is 18.0 Å². The molecule has 21 heavy (non-hydrogen) atoms. The van der Waals surface area contributed by atoms with Crippen molar-refractivity contribution < 1.29 is 0 Å². The fourth-order valence-corrected chi connectivity index (χ4v) is 2.19. The molecule has 1 aliphatic rings. The summed E-state index contributed by atoms with van der Waals surface area (Å²) < 4.78 is 1.84.